The lowest BCUT2D eigenvalue weighted by molar-refractivity contribution is -0.277. The molecule has 1 heterocycles. The van der Waals surface area contributed by atoms with Crippen LogP contribution in [0.25, 0.3) is 0 Å². The first-order valence-corrected chi connectivity index (χ1v) is 6.14. The molecule has 4 N–H and O–H groups in total. The summed E-state index contributed by atoms with van der Waals surface area (Å²) in [4.78, 5) is 0. The normalized spacial score (nSPS) is 35.1. The van der Waals surface area contributed by atoms with E-state index in [1.165, 1.54) is 0 Å². The zero-order valence-corrected chi connectivity index (χ0v) is 10.6. The number of aliphatic hydroxyl groups is 4. The Morgan fingerprint density at radius 1 is 1.11 bits per heavy atom. The molecule has 5 atom stereocenters. The average Bonchev–Trinajstić information content (AvgIpc) is 2.41. The van der Waals surface area contributed by atoms with E-state index in [0.29, 0.717) is 5.02 Å². The van der Waals surface area contributed by atoms with Crippen LogP contribution in [0.5, 0.6) is 5.75 Å². The van der Waals surface area contributed by atoms with Crippen molar-refractivity contribution in [2.24, 2.45) is 0 Å². The summed E-state index contributed by atoms with van der Waals surface area (Å²) >= 11 is 5.90. The van der Waals surface area contributed by atoms with Gasteiger partial charge in [-0.1, -0.05) is 23.7 Å². The van der Waals surface area contributed by atoms with Gasteiger partial charge in [-0.2, -0.15) is 0 Å². The SMILES string of the molecule is OC[C@H]1O[C@H](Oc2ccccc2Cl)[C@@H](O)[C@@H](O)[C@@H]1O. The van der Waals surface area contributed by atoms with Crippen LogP contribution in [0.2, 0.25) is 5.02 Å². The highest BCUT2D eigenvalue weighted by atomic mass is 35.5. The van der Waals surface area contributed by atoms with Gasteiger partial charge >= 0.3 is 0 Å². The van der Waals surface area contributed by atoms with Crippen molar-refractivity contribution in [2.75, 3.05) is 6.61 Å². The summed E-state index contributed by atoms with van der Waals surface area (Å²) in [7, 11) is 0. The molecule has 19 heavy (non-hydrogen) atoms. The van der Waals surface area contributed by atoms with Crippen molar-refractivity contribution >= 4 is 11.6 Å². The van der Waals surface area contributed by atoms with Gasteiger partial charge in [-0.25, -0.2) is 0 Å². The Bertz CT molecular complexity index is 426. The Kier molecular flexibility index (Phi) is 4.62. The molecular weight excluding hydrogens is 276 g/mol. The molecule has 0 aliphatic carbocycles. The van der Waals surface area contributed by atoms with Crippen molar-refractivity contribution in [1.82, 2.24) is 0 Å². The lowest BCUT2D eigenvalue weighted by atomic mass is 9.99. The molecule has 6 nitrogen and oxygen atoms in total. The van der Waals surface area contributed by atoms with Crippen LogP contribution in [0.3, 0.4) is 0 Å². The second kappa shape index (κ2) is 6.04. The van der Waals surface area contributed by atoms with E-state index in [1.807, 2.05) is 0 Å². The number of ether oxygens (including phenoxy) is 2. The van der Waals surface area contributed by atoms with Gasteiger partial charge in [0.1, 0.15) is 30.2 Å². The third-order valence-corrected chi connectivity index (χ3v) is 3.24. The van der Waals surface area contributed by atoms with Gasteiger partial charge in [-0.15, -0.1) is 0 Å². The van der Waals surface area contributed by atoms with Crippen LogP contribution in [0.15, 0.2) is 24.3 Å². The van der Waals surface area contributed by atoms with Crippen LogP contribution in [0.1, 0.15) is 0 Å². The van der Waals surface area contributed by atoms with Crippen LogP contribution in [-0.4, -0.2) is 57.7 Å². The Morgan fingerprint density at radius 2 is 1.79 bits per heavy atom. The minimum atomic E-state index is -1.47. The van der Waals surface area contributed by atoms with Gasteiger partial charge < -0.3 is 29.9 Å². The molecule has 1 aromatic carbocycles. The molecular formula is C12H15ClO6. The summed E-state index contributed by atoms with van der Waals surface area (Å²) in [5.41, 5.74) is 0. The van der Waals surface area contributed by atoms with Crippen LogP contribution in [0.4, 0.5) is 0 Å². The fourth-order valence-electron chi connectivity index (χ4n) is 1.83. The molecule has 0 aromatic heterocycles. The Balaban J connectivity index is 2.13. The number of rotatable bonds is 3. The Labute approximate surface area is 114 Å². The summed E-state index contributed by atoms with van der Waals surface area (Å²) in [6, 6.07) is 6.57. The summed E-state index contributed by atoms with van der Waals surface area (Å²) in [6.07, 6.45) is -6.57. The molecule has 2 rings (SSSR count). The second-order valence-electron chi connectivity index (χ2n) is 4.25. The zero-order valence-electron chi connectivity index (χ0n) is 9.89. The number of hydrogen-bond donors (Lipinski definition) is 4. The monoisotopic (exact) mass is 290 g/mol. The van der Waals surface area contributed by atoms with E-state index >= 15 is 0 Å². The third-order valence-electron chi connectivity index (χ3n) is 2.93. The van der Waals surface area contributed by atoms with Crippen molar-refractivity contribution in [3.63, 3.8) is 0 Å². The predicted molar refractivity (Wildman–Crippen MR) is 65.8 cm³/mol. The first-order chi connectivity index (χ1) is 9.04. The van der Waals surface area contributed by atoms with Gasteiger partial charge in [-0.05, 0) is 12.1 Å². The van der Waals surface area contributed by atoms with Gasteiger partial charge in [0.25, 0.3) is 0 Å². The maximum Gasteiger partial charge on any atom is 0.229 e. The molecule has 1 saturated heterocycles. The molecule has 0 radical (unpaired) electrons. The van der Waals surface area contributed by atoms with Gasteiger partial charge in [0.2, 0.25) is 6.29 Å². The topological polar surface area (TPSA) is 99.4 Å². The van der Waals surface area contributed by atoms with E-state index in [1.54, 1.807) is 24.3 Å². The molecule has 0 unspecified atom stereocenters. The maximum atomic E-state index is 9.79. The first kappa shape index (κ1) is 14.5. The molecule has 1 fully saturated rings. The molecule has 1 aliphatic heterocycles. The van der Waals surface area contributed by atoms with E-state index in [9.17, 15) is 15.3 Å². The van der Waals surface area contributed by atoms with Gasteiger partial charge in [0.05, 0.1) is 11.6 Å². The van der Waals surface area contributed by atoms with Gasteiger partial charge in [0.15, 0.2) is 0 Å². The molecule has 1 aromatic rings. The highest BCUT2D eigenvalue weighted by Crippen LogP contribution is 2.28. The van der Waals surface area contributed by atoms with E-state index < -0.39 is 37.3 Å². The first-order valence-electron chi connectivity index (χ1n) is 5.76. The average molecular weight is 291 g/mol. The Hall–Kier alpha value is -0.890. The standard InChI is InChI=1S/C12H15ClO6/c13-6-3-1-2-4-7(6)18-12-11(17)10(16)9(15)8(5-14)19-12/h1-4,8-12,14-17H,5H2/t8-,9-,10+,11+,12+/m1/s1. The molecule has 0 bridgehead atoms. The minimum absolute atomic E-state index is 0.272. The molecule has 7 heteroatoms. The Morgan fingerprint density at radius 3 is 2.42 bits per heavy atom. The summed E-state index contributed by atoms with van der Waals surface area (Å²) < 4.78 is 10.6. The van der Waals surface area contributed by atoms with Crippen molar-refractivity contribution in [1.29, 1.82) is 0 Å². The maximum absolute atomic E-state index is 9.79. The third kappa shape index (κ3) is 3.00. The van der Waals surface area contributed by atoms with Gasteiger partial charge in [0, 0.05) is 0 Å². The van der Waals surface area contributed by atoms with Crippen LogP contribution in [0, 0.1) is 0 Å². The summed E-state index contributed by atoms with van der Waals surface area (Å²) in [5.74, 6) is 0.272. The van der Waals surface area contributed by atoms with Crippen LogP contribution < -0.4 is 4.74 Å². The zero-order chi connectivity index (χ0) is 14.0. The highest BCUT2D eigenvalue weighted by molar-refractivity contribution is 6.32. The molecule has 0 spiro atoms. The number of benzene rings is 1. The van der Waals surface area contributed by atoms with Crippen molar-refractivity contribution in [2.45, 2.75) is 30.7 Å². The van der Waals surface area contributed by atoms with Crippen molar-refractivity contribution < 1.29 is 29.9 Å². The van der Waals surface area contributed by atoms with Crippen molar-refractivity contribution in [3.8, 4) is 5.75 Å². The van der Waals surface area contributed by atoms with E-state index in [0.717, 1.165) is 0 Å². The second-order valence-corrected chi connectivity index (χ2v) is 4.65. The lowest BCUT2D eigenvalue weighted by Gasteiger charge is -2.39. The lowest BCUT2D eigenvalue weighted by Crippen LogP contribution is -2.60. The minimum Gasteiger partial charge on any atom is -0.460 e. The number of hydrogen-bond acceptors (Lipinski definition) is 6. The smallest absolute Gasteiger partial charge is 0.229 e. The van der Waals surface area contributed by atoms with Gasteiger partial charge in [-0.3, -0.25) is 0 Å². The quantitative estimate of drug-likeness (QED) is 0.600. The van der Waals surface area contributed by atoms with E-state index in [-0.39, 0.29) is 5.75 Å². The van der Waals surface area contributed by atoms with Crippen LogP contribution >= 0.6 is 11.6 Å². The predicted octanol–water partition coefficient (Wildman–Crippen LogP) is -0.481. The summed E-state index contributed by atoms with van der Waals surface area (Å²) in [6.45, 7) is -0.507. The van der Waals surface area contributed by atoms with Crippen molar-refractivity contribution in [3.05, 3.63) is 29.3 Å². The number of para-hydroxylation sites is 1. The fraction of sp³-hybridized carbons (Fsp3) is 0.500. The van der Waals surface area contributed by atoms with Crippen LogP contribution in [-0.2, 0) is 4.74 Å². The number of aliphatic hydroxyl groups excluding tert-OH is 4. The molecule has 0 saturated carbocycles. The van der Waals surface area contributed by atoms with E-state index in [4.69, 9.17) is 26.2 Å². The fourth-order valence-corrected chi connectivity index (χ4v) is 2.01. The van der Waals surface area contributed by atoms with E-state index in [2.05, 4.69) is 0 Å². The molecule has 1 aliphatic rings. The highest BCUT2D eigenvalue weighted by Gasteiger charge is 2.44. The largest absolute Gasteiger partial charge is 0.460 e. The number of halogens is 1. The summed E-state index contributed by atoms with van der Waals surface area (Å²) in [5, 5.41) is 38.4. The molecule has 0 amide bonds. The molecule has 106 valence electrons.